The molecule has 3 rings (SSSR count). The molecule has 1 aromatic heterocycles. The molecule has 3 aromatic rings. The number of ether oxygens (including phenoxy) is 1. The summed E-state index contributed by atoms with van der Waals surface area (Å²) in [7, 11) is 1.62. The van der Waals surface area contributed by atoms with Gasteiger partial charge in [0.1, 0.15) is 11.4 Å². The van der Waals surface area contributed by atoms with Gasteiger partial charge in [-0.05, 0) is 54.8 Å². The zero-order chi connectivity index (χ0) is 19.2. The van der Waals surface area contributed by atoms with E-state index in [9.17, 15) is 4.79 Å². The molecule has 0 saturated carbocycles. The molecule has 0 aliphatic heterocycles. The van der Waals surface area contributed by atoms with E-state index in [0.29, 0.717) is 11.4 Å². The van der Waals surface area contributed by atoms with Gasteiger partial charge in [-0.3, -0.25) is 9.89 Å². The van der Waals surface area contributed by atoms with Crippen LogP contribution in [0.25, 0.3) is 11.3 Å². The molecule has 6 heteroatoms. The summed E-state index contributed by atoms with van der Waals surface area (Å²) in [6.45, 7) is 3.94. The van der Waals surface area contributed by atoms with Crippen LogP contribution in [0.2, 0.25) is 0 Å². The predicted molar refractivity (Wildman–Crippen MR) is 106 cm³/mol. The number of benzene rings is 2. The van der Waals surface area contributed by atoms with Gasteiger partial charge in [0, 0.05) is 5.56 Å². The number of methoxy groups -OCH3 is 1. The maximum Gasteiger partial charge on any atom is 0.289 e. The molecule has 2 N–H and O–H groups in total. The number of carbonyl (C=O) groups excluding carboxylic acids is 1. The highest BCUT2D eigenvalue weighted by atomic mass is 16.5. The molecule has 27 heavy (non-hydrogen) atoms. The number of rotatable bonds is 6. The summed E-state index contributed by atoms with van der Waals surface area (Å²) in [6, 6.07) is 17.3. The van der Waals surface area contributed by atoms with Crippen LogP contribution in [-0.2, 0) is 6.42 Å². The summed E-state index contributed by atoms with van der Waals surface area (Å²) < 4.78 is 5.14. The first-order chi connectivity index (χ1) is 13.1. The number of aromatic amines is 1. The highest BCUT2D eigenvalue weighted by molar-refractivity contribution is 6.00. The second-order valence-electron chi connectivity index (χ2n) is 6.08. The van der Waals surface area contributed by atoms with Gasteiger partial charge in [0.15, 0.2) is 0 Å². The summed E-state index contributed by atoms with van der Waals surface area (Å²) in [5.41, 5.74) is 7.45. The molecule has 1 amide bonds. The van der Waals surface area contributed by atoms with Crippen molar-refractivity contribution >= 4 is 11.6 Å². The van der Waals surface area contributed by atoms with Crippen LogP contribution in [0.1, 0.15) is 35.5 Å². The normalized spacial score (nSPS) is 11.3. The zero-order valence-corrected chi connectivity index (χ0v) is 15.6. The van der Waals surface area contributed by atoms with Crippen molar-refractivity contribution in [1.82, 2.24) is 15.6 Å². The Hall–Kier alpha value is -3.41. The van der Waals surface area contributed by atoms with E-state index in [1.54, 1.807) is 13.2 Å². The van der Waals surface area contributed by atoms with Gasteiger partial charge in [0.05, 0.1) is 18.5 Å². The van der Waals surface area contributed by atoms with Gasteiger partial charge < -0.3 is 4.74 Å². The molecule has 0 unspecified atom stereocenters. The predicted octanol–water partition coefficient (Wildman–Crippen LogP) is 3.80. The first-order valence-corrected chi connectivity index (χ1v) is 8.74. The fraction of sp³-hybridized carbons (Fsp3) is 0.190. The second kappa shape index (κ2) is 8.31. The third-order valence-electron chi connectivity index (χ3n) is 4.31. The summed E-state index contributed by atoms with van der Waals surface area (Å²) >= 11 is 0. The van der Waals surface area contributed by atoms with E-state index in [-0.39, 0.29) is 5.91 Å². The molecule has 0 radical (unpaired) electrons. The van der Waals surface area contributed by atoms with Crippen LogP contribution in [-0.4, -0.2) is 28.9 Å². The number of amides is 1. The van der Waals surface area contributed by atoms with Gasteiger partial charge in [-0.1, -0.05) is 31.2 Å². The van der Waals surface area contributed by atoms with Crippen molar-refractivity contribution in [2.24, 2.45) is 5.10 Å². The van der Waals surface area contributed by atoms with Crippen molar-refractivity contribution < 1.29 is 9.53 Å². The first kappa shape index (κ1) is 18.4. The maximum absolute atomic E-state index is 12.3. The molecule has 0 aliphatic rings. The van der Waals surface area contributed by atoms with Crippen molar-refractivity contribution in [2.75, 3.05) is 7.11 Å². The third kappa shape index (κ3) is 4.41. The molecule has 0 bridgehead atoms. The quantitative estimate of drug-likeness (QED) is 0.517. The Kier molecular flexibility index (Phi) is 5.66. The Bertz CT molecular complexity index is 941. The molecule has 6 nitrogen and oxygen atoms in total. The zero-order valence-electron chi connectivity index (χ0n) is 15.6. The second-order valence-corrected chi connectivity index (χ2v) is 6.08. The number of hydrogen-bond donors (Lipinski definition) is 2. The highest BCUT2D eigenvalue weighted by Crippen LogP contribution is 2.18. The van der Waals surface area contributed by atoms with Crippen LogP contribution in [0.4, 0.5) is 0 Å². The lowest BCUT2D eigenvalue weighted by Gasteiger charge is -2.03. The molecule has 0 fully saturated rings. The van der Waals surface area contributed by atoms with Crippen LogP contribution in [0.15, 0.2) is 59.7 Å². The van der Waals surface area contributed by atoms with Crippen molar-refractivity contribution in [3.63, 3.8) is 0 Å². The average molecular weight is 362 g/mol. The minimum absolute atomic E-state index is 0.341. The summed E-state index contributed by atoms with van der Waals surface area (Å²) in [5, 5.41) is 11.1. The molecule has 0 spiro atoms. The molecule has 2 aromatic carbocycles. The Labute approximate surface area is 158 Å². The minimum atomic E-state index is -0.341. The van der Waals surface area contributed by atoms with Gasteiger partial charge in [-0.15, -0.1) is 0 Å². The highest BCUT2D eigenvalue weighted by Gasteiger charge is 2.11. The van der Waals surface area contributed by atoms with E-state index >= 15 is 0 Å². The van der Waals surface area contributed by atoms with Crippen LogP contribution < -0.4 is 10.2 Å². The molecule has 0 atom stereocenters. The van der Waals surface area contributed by atoms with Crippen LogP contribution in [0.5, 0.6) is 5.75 Å². The number of hydrazone groups is 1. The molecule has 0 aliphatic carbocycles. The Balaban J connectivity index is 1.67. The number of aromatic nitrogens is 2. The number of carbonyl (C=O) groups is 1. The lowest BCUT2D eigenvalue weighted by atomic mass is 10.1. The third-order valence-corrected chi connectivity index (χ3v) is 4.31. The lowest BCUT2D eigenvalue weighted by Crippen LogP contribution is -2.19. The number of hydrogen-bond acceptors (Lipinski definition) is 4. The van der Waals surface area contributed by atoms with Gasteiger partial charge in [-0.2, -0.15) is 10.2 Å². The SMILES string of the molecule is CCc1ccc(-c2cc(C(=O)N/N=C(/C)c3ccc(OC)cc3)[nH]n2)cc1. The van der Waals surface area contributed by atoms with Crippen molar-refractivity contribution in [1.29, 1.82) is 0 Å². The van der Waals surface area contributed by atoms with Crippen molar-refractivity contribution in [2.45, 2.75) is 20.3 Å². The van der Waals surface area contributed by atoms with Crippen molar-refractivity contribution in [3.8, 4) is 17.0 Å². The summed E-state index contributed by atoms with van der Waals surface area (Å²) in [6.07, 6.45) is 0.986. The lowest BCUT2D eigenvalue weighted by molar-refractivity contribution is 0.0950. The van der Waals surface area contributed by atoms with Gasteiger partial charge >= 0.3 is 0 Å². The van der Waals surface area contributed by atoms with E-state index in [2.05, 4.69) is 39.8 Å². The summed E-state index contributed by atoms with van der Waals surface area (Å²) in [5.74, 6) is 0.430. The standard InChI is InChI=1S/C21H22N4O2/c1-4-15-5-7-17(8-6-15)19-13-20(24-23-19)21(26)25-22-14(2)16-9-11-18(27-3)12-10-16/h5-13H,4H2,1-3H3,(H,23,24)(H,25,26)/b22-14-. The van der Waals surface area contributed by atoms with Gasteiger partial charge in [0.2, 0.25) is 0 Å². The van der Waals surface area contributed by atoms with Crippen LogP contribution >= 0.6 is 0 Å². The fourth-order valence-electron chi connectivity index (χ4n) is 2.59. The fourth-order valence-corrected chi connectivity index (χ4v) is 2.59. The van der Waals surface area contributed by atoms with Crippen LogP contribution in [0, 0.1) is 0 Å². The largest absolute Gasteiger partial charge is 0.497 e. The molecule has 138 valence electrons. The first-order valence-electron chi connectivity index (χ1n) is 8.74. The number of nitrogens with zero attached hydrogens (tertiary/aromatic N) is 2. The Morgan fingerprint density at radius 3 is 2.48 bits per heavy atom. The van der Waals surface area contributed by atoms with Gasteiger partial charge in [0.25, 0.3) is 5.91 Å². The minimum Gasteiger partial charge on any atom is -0.497 e. The monoisotopic (exact) mass is 362 g/mol. The Morgan fingerprint density at radius 2 is 1.85 bits per heavy atom. The smallest absolute Gasteiger partial charge is 0.289 e. The number of aryl methyl sites for hydroxylation is 1. The summed E-state index contributed by atoms with van der Waals surface area (Å²) in [4.78, 5) is 12.3. The maximum atomic E-state index is 12.3. The number of H-pyrrole nitrogens is 1. The number of nitrogens with one attached hydrogen (secondary N) is 2. The topological polar surface area (TPSA) is 79.4 Å². The average Bonchev–Trinajstić information content (AvgIpc) is 3.22. The van der Waals surface area contributed by atoms with E-state index in [0.717, 1.165) is 29.0 Å². The Morgan fingerprint density at radius 1 is 1.15 bits per heavy atom. The van der Waals surface area contributed by atoms with Crippen molar-refractivity contribution in [3.05, 3.63) is 71.4 Å². The van der Waals surface area contributed by atoms with Gasteiger partial charge in [-0.25, -0.2) is 5.43 Å². The molecule has 0 saturated heterocycles. The van der Waals surface area contributed by atoms with Crippen LogP contribution in [0.3, 0.4) is 0 Å². The molecular formula is C21H22N4O2. The van der Waals surface area contributed by atoms with E-state index < -0.39 is 0 Å². The van der Waals surface area contributed by atoms with E-state index in [1.165, 1.54) is 5.56 Å². The van der Waals surface area contributed by atoms with E-state index in [4.69, 9.17) is 4.74 Å². The molecular weight excluding hydrogens is 340 g/mol. The molecule has 1 heterocycles. The van der Waals surface area contributed by atoms with E-state index in [1.807, 2.05) is 43.3 Å².